The highest BCUT2D eigenvalue weighted by atomic mass is 32.2. The van der Waals surface area contributed by atoms with Gasteiger partial charge in [0.2, 0.25) is 10.0 Å². The maximum absolute atomic E-state index is 12.9. The normalized spacial score (nSPS) is 34.3. The standard InChI is InChI=1S/C20H27N3O5S/c24-23(25)19-12-17(29(26,27)22-3-5-28-6-4-22)1-2-18(19)21-20-15-8-13-7-14(10-15)11-16(20)9-13/h1-2,12-16,20-21H,3-11H2. The second kappa shape index (κ2) is 7.21. The molecule has 1 aromatic carbocycles. The van der Waals surface area contributed by atoms with Gasteiger partial charge in [-0.3, -0.25) is 10.1 Å². The molecule has 1 heterocycles. The Kier molecular flexibility index (Phi) is 4.79. The molecule has 0 aromatic heterocycles. The topological polar surface area (TPSA) is 102 Å². The van der Waals surface area contributed by atoms with E-state index in [2.05, 4.69) is 5.32 Å². The van der Waals surface area contributed by atoms with Gasteiger partial charge in [-0.15, -0.1) is 0 Å². The Labute approximate surface area is 170 Å². The zero-order valence-electron chi connectivity index (χ0n) is 16.3. The van der Waals surface area contributed by atoms with Crippen LogP contribution in [0.15, 0.2) is 23.1 Å². The first kappa shape index (κ1) is 19.3. The van der Waals surface area contributed by atoms with Crippen molar-refractivity contribution in [1.29, 1.82) is 0 Å². The number of morpholine rings is 1. The quantitative estimate of drug-likeness (QED) is 0.579. The molecule has 1 aromatic rings. The van der Waals surface area contributed by atoms with Gasteiger partial charge in [-0.05, 0) is 67.9 Å². The van der Waals surface area contributed by atoms with Crippen LogP contribution in [0.4, 0.5) is 11.4 Å². The molecule has 0 spiro atoms. The maximum Gasteiger partial charge on any atom is 0.293 e. The average molecular weight is 422 g/mol. The number of hydrogen-bond donors (Lipinski definition) is 1. The Hall–Kier alpha value is -1.71. The molecule has 5 aliphatic rings. The number of anilines is 1. The largest absolute Gasteiger partial charge is 0.379 e. The first-order valence-electron chi connectivity index (χ1n) is 10.5. The van der Waals surface area contributed by atoms with Crippen LogP contribution < -0.4 is 5.32 Å². The Morgan fingerprint density at radius 3 is 2.24 bits per heavy atom. The minimum absolute atomic E-state index is 0.0262. The van der Waals surface area contributed by atoms with Gasteiger partial charge in [-0.25, -0.2) is 8.42 Å². The smallest absolute Gasteiger partial charge is 0.293 e. The molecule has 6 rings (SSSR count). The van der Waals surface area contributed by atoms with E-state index in [0.29, 0.717) is 30.7 Å². The highest BCUT2D eigenvalue weighted by Gasteiger charge is 2.48. The predicted molar refractivity (Wildman–Crippen MR) is 107 cm³/mol. The highest BCUT2D eigenvalue weighted by molar-refractivity contribution is 7.89. The van der Waals surface area contributed by atoms with Crippen LogP contribution in [0.3, 0.4) is 0 Å². The summed E-state index contributed by atoms with van der Waals surface area (Å²) in [6.07, 6.45) is 6.20. The fraction of sp³-hybridized carbons (Fsp3) is 0.700. The van der Waals surface area contributed by atoms with E-state index in [4.69, 9.17) is 4.74 Å². The zero-order chi connectivity index (χ0) is 20.2. The number of sulfonamides is 1. The first-order valence-corrected chi connectivity index (χ1v) is 12.0. The lowest BCUT2D eigenvalue weighted by Crippen LogP contribution is -2.51. The van der Waals surface area contributed by atoms with Gasteiger partial charge >= 0.3 is 0 Å². The summed E-state index contributed by atoms with van der Waals surface area (Å²) in [7, 11) is -3.76. The summed E-state index contributed by atoms with van der Waals surface area (Å²) in [5.41, 5.74) is 0.279. The van der Waals surface area contributed by atoms with Gasteiger partial charge in [-0.1, -0.05) is 0 Å². The lowest BCUT2D eigenvalue weighted by molar-refractivity contribution is -0.384. The minimum atomic E-state index is -3.76. The Bertz CT molecular complexity index is 885. The second-order valence-electron chi connectivity index (χ2n) is 9.05. The van der Waals surface area contributed by atoms with Crippen LogP contribution in [0, 0.1) is 33.8 Å². The first-order chi connectivity index (χ1) is 13.9. The van der Waals surface area contributed by atoms with E-state index in [0.717, 1.165) is 11.8 Å². The van der Waals surface area contributed by atoms with Gasteiger partial charge in [0, 0.05) is 25.2 Å². The van der Waals surface area contributed by atoms with Crippen LogP contribution in [0.5, 0.6) is 0 Å². The zero-order valence-corrected chi connectivity index (χ0v) is 17.1. The van der Waals surface area contributed by atoms with Crippen molar-refractivity contribution in [3.05, 3.63) is 28.3 Å². The summed E-state index contributed by atoms with van der Waals surface area (Å²) in [4.78, 5) is 11.3. The number of nitro groups is 1. The Morgan fingerprint density at radius 1 is 1.03 bits per heavy atom. The molecule has 5 fully saturated rings. The third-order valence-electron chi connectivity index (χ3n) is 7.32. The summed E-state index contributed by atoms with van der Waals surface area (Å²) < 4.78 is 32.3. The molecule has 1 N–H and O–H groups in total. The van der Waals surface area contributed by atoms with E-state index < -0.39 is 14.9 Å². The van der Waals surface area contributed by atoms with Crippen LogP contribution in [-0.4, -0.2) is 50.0 Å². The van der Waals surface area contributed by atoms with Gasteiger partial charge < -0.3 is 10.1 Å². The van der Waals surface area contributed by atoms with Gasteiger partial charge in [0.15, 0.2) is 0 Å². The highest BCUT2D eigenvalue weighted by Crippen LogP contribution is 2.54. The molecule has 1 saturated heterocycles. The summed E-state index contributed by atoms with van der Waals surface area (Å²) in [5.74, 6) is 2.79. The van der Waals surface area contributed by atoms with Crippen LogP contribution in [-0.2, 0) is 14.8 Å². The number of nitro benzene ring substituents is 1. The van der Waals surface area contributed by atoms with E-state index in [1.54, 1.807) is 6.07 Å². The van der Waals surface area contributed by atoms with Gasteiger partial charge in [0.1, 0.15) is 5.69 Å². The third-order valence-corrected chi connectivity index (χ3v) is 9.22. The molecule has 0 radical (unpaired) electrons. The number of nitrogens with zero attached hydrogens (tertiary/aromatic N) is 2. The van der Waals surface area contributed by atoms with Gasteiger partial charge in [0.25, 0.3) is 5.69 Å². The number of benzene rings is 1. The molecular formula is C20H27N3O5S. The molecule has 0 atom stereocenters. The fourth-order valence-corrected chi connectivity index (χ4v) is 7.65. The van der Waals surface area contributed by atoms with E-state index in [1.807, 2.05) is 0 Å². The Morgan fingerprint density at radius 2 is 1.66 bits per heavy atom. The number of hydrogen-bond acceptors (Lipinski definition) is 6. The fourth-order valence-electron chi connectivity index (χ4n) is 6.22. The van der Waals surface area contributed by atoms with Gasteiger partial charge in [-0.2, -0.15) is 4.31 Å². The molecule has 29 heavy (non-hydrogen) atoms. The summed E-state index contributed by atoms with van der Waals surface area (Å²) >= 11 is 0. The van der Waals surface area contributed by atoms with Gasteiger partial charge in [0.05, 0.1) is 23.0 Å². The van der Waals surface area contributed by atoms with Crippen molar-refractivity contribution in [3.63, 3.8) is 0 Å². The van der Waals surface area contributed by atoms with Crippen molar-refractivity contribution >= 4 is 21.4 Å². The third kappa shape index (κ3) is 3.43. The molecule has 158 valence electrons. The molecule has 4 bridgehead atoms. The molecule has 1 aliphatic heterocycles. The average Bonchev–Trinajstić information content (AvgIpc) is 2.70. The summed E-state index contributed by atoms with van der Waals surface area (Å²) in [6, 6.07) is 4.54. The molecular weight excluding hydrogens is 394 g/mol. The minimum Gasteiger partial charge on any atom is -0.379 e. The number of rotatable bonds is 5. The monoisotopic (exact) mass is 421 g/mol. The second-order valence-corrected chi connectivity index (χ2v) is 11.0. The molecule has 8 nitrogen and oxygen atoms in total. The van der Waals surface area contributed by atoms with Crippen LogP contribution in [0.2, 0.25) is 0 Å². The lowest BCUT2D eigenvalue weighted by Gasteiger charge is -2.54. The van der Waals surface area contributed by atoms with Crippen molar-refractivity contribution in [1.82, 2.24) is 4.31 Å². The van der Waals surface area contributed by atoms with Crippen molar-refractivity contribution in [3.8, 4) is 0 Å². The van der Waals surface area contributed by atoms with Crippen molar-refractivity contribution in [2.75, 3.05) is 31.6 Å². The lowest BCUT2D eigenvalue weighted by atomic mass is 9.54. The molecule has 0 amide bonds. The SMILES string of the molecule is O=[N+]([O-])c1cc(S(=O)(=O)N2CCOCC2)ccc1NC1C2CC3CC(C2)CC1C3. The molecule has 0 unspecified atom stereocenters. The van der Waals surface area contributed by atoms with E-state index in [-0.39, 0.29) is 29.7 Å². The van der Waals surface area contributed by atoms with Crippen LogP contribution in [0.25, 0.3) is 0 Å². The van der Waals surface area contributed by atoms with Crippen molar-refractivity contribution in [2.45, 2.75) is 43.0 Å². The van der Waals surface area contributed by atoms with E-state index in [9.17, 15) is 18.5 Å². The molecule has 4 aliphatic carbocycles. The van der Waals surface area contributed by atoms with E-state index in [1.165, 1.54) is 48.5 Å². The summed E-state index contributed by atoms with van der Waals surface area (Å²) in [5, 5.41) is 15.2. The summed E-state index contributed by atoms with van der Waals surface area (Å²) in [6.45, 7) is 1.22. The van der Waals surface area contributed by atoms with Crippen molar-refractivity contribution in [2.24, 2.45) is 23.7 Å². The van der Waals surface area contributed by atoms with E-state index >= 15 is 0 Å². The maximum atomic E-state index is 12.9. The number of ether oxygens (including phenoxy) is 1. The predicted octanol–water partition coefficient (Wildman–Crippen LogP) is 2.85. The molecule has 9 heteroatoms. The van der Waals surface area contributed by atoms with Crippen LogP contribution in [0.1, 0.15) is 32.1 Å². The number of nitrogens with one attached hydrogen (secondary N) is 1. The van der Waals surface area contributed by atoms with Crippen molar-refractivity contribution < 1.29 is 18.1 Å². The Balaban J connectivity index is 1.42. The van der Waals surface area contributed by atoms with Crippen LogP contribution >= 0.6 is 0 Å². The molecule has 4 saturated carbocycles.